The minimum absolute atomic E-state index is 0.516. The third kappa shape index (κ3) is 4.93. The second kappa shape index (κ2) is 10.1. The maximum atomic E-state index is 4.80. The summed E-state index contributed by atoms with van der Waals surface area (Å²) in [6.07, 6.45) is 6.97. The lowest BCUT2D eigenvalue weighted by Crippen LogP contribution is -2.68. The number of rotatable bonds is 7. The fourth-order valence-corrected chi connectivity index (χ4v) is 6.29. The summed E-state index contributed by atoms with van der Waals surface area (Å²) in [6.45, 7) is 8.83. The molecule has 3 aliphatic rings. The van der Waals surface area contributed by atoms with Crippen molar-refractivity contribution in [2.75, 3.05) is 23.3 Å². The zero-order chi connectivity index (χ0) is 27.2. The summed E-state index contributed by atoms with van der Waals surface area (Å²) in [5.74, 6) is 3.07. The Labute approximate surface area is 236 Å². The quantitative estimate of drug-likeness (QED) is 0.292. The van der Waals surface area contributed by atoms with Gasteiger partial charge in [-0.2, -0.15) is 5.10 Å². The predicted octanol–water partition coefficient (Wildman–Crippen LogP) is 4.91. The number of aromatic nitrogens is 7. The molecule has 3 aliphatic heterocycles. The largest absolute Gasteiger partial charge is 0.353 e. The van der Waals surface area contributed by atoms with Gasteiger partial charge in [0.2, 0.25) is 0 Å². The Morgan fingerprint density at radius 3 is 2.40 bits per heavy atom. The number of aromatic amines is 1. The molecule has 10 nitrogen and oxygen atoms in total. The van der Waals surface area contributed by atoms with Crippen molar-refractivity contribution >= 4 is 28.8 Å². The van der Waals surface area contributed by atoms with Crippen molar-refractivity contribution in [2.24, 2.45) is 0 Å². The van der Waals surface area contributed by atoms with E-state index < -0.39 is 0 Å². The molecule has 8 rings (SSSR count). The normalized spacial score (nSPS) is 18.5. The number of fused-ring (bicyclic) bond motifs is 2. The SMILES string of the molecule is Cc1cc(Nc2cc(C)[nH]n2)nc(-c2ccc(N3CC4CC(C3)N4Cc3ccc(-c4ncc(C)s4)cn3)nc2)n1. The van der Waals surface area contributed by atoms with E-state index in [1.165, 1.54) is 11.3 Å². The van der Waals surface area contributed by atoms with Gasteiger partial charge in [-0.25, -0.2) is 19.9 Å². The highest BCUT2D eigenvalue weighted by atomic mass is 32.1. The molecule has 202 valence electrons. The van der Waals surface area contributed by atoms with Crippen molar-refractivity contribution in [1.82, 2.24) is 40.0 Å². The van der Waals surface area contributed by atoms with Gasteiger partial charge in [-0.05, 0) is 51.5 Å². The standard InChI is InChI=1S/C29H30N10S/c1-17-8-25(34-26-9-18(2)36-37-26)35-28(33-17)20-5-7-27(31-12-20)38-15-23-10-24(16-38)39(23)14-22-6-4-21(13-30-22)29-32-11-19(3)40-29/h4-9,11-13,23-24H,10,14-16H2,1-3H3,(H2,33,34,35,36,37). The molecule has 0 aromatic carbocycles. The first-order valence-electron chi connectivity index (χ1n) is 13.5. The number of nitrogens with one attached hydrogen (secondary N) is 2. The van der Waals surface area contributed by atoms with Gasteiger partial charge >= 0.3 is 0 Å². The molecule has 0 radical (unpaired) electrons. The maximum absolute atomic E-state index is 4.80. The number of H-pyrrole nitrogens is 1. The number of pyridine rings is 2. The van der Waals surface area contributed by atoms with Gasteiger partial charge in [0.15, 0.2) is 11.6 Å². The Kier molecular flexibility index (Phi) is 6.24. The molecule has 2 unspecified atom stereocenters. The molecule has 0 saturated carbocycles. The van der Waals surface area contributed by atoms with Crippen molar-refractivity contribution in [3.8, 4) is 22.0 Å². The minimum atomic E-state index is 0.516. The van der Waals surface area contributed by atoms with Gasteiger partial charge in [0.05, 0.1) is 5.69 Å². The second-order valence-corrected chi connectivity index (χ2v) is 11.9. The van der Waals surface area contributed by atoms with Gasteiger partial charge in [-0.15, -0.1) is 11.3 Å². The molecule has 0 aliphatic carbocycles. The van der Waals surface area contributed by atoms with Crippen molar-refractivity contribution < 1.29 is 0 Å². The molecule has 2 N–H and O–H groups in total. The average molecular weight is 551 g/mol. The number of piperazine rings is 1. The smallest absolute Gasteiger partial charge is 0.163 e. The first-order chi connectivity index (χ1) is 19.5. The van der Waals surface area contributed by atoms with Crippen LogP contribution in [0.3, 0.4) is 0 Å². The number of thiazole rings is 1. The molecule has 2 bridgehead atoms. The summed E-state index contributed by atoms with van der Waals surface area (Å²) >= 11 is 1.70. The number of hydrogen-bond acceptors (Lipinski definition) is 10. The fourth-order valence-electron chi connectivity index (χ4n) is 5.53. The molecule has 5 aromatic rings. The number of aryl methyl sites for hydroxylation is 3. The van der Waals surface area contributed by atoms with Crippen molar-refractivity contribution in [3.63, 3.8) is 0 Å². The summed E-state index contributed by atoms with van der Waals surface area (Å²) < 4.78 is 0. The minimum Gasteiger partial charge on any atom is -0.353 e. The maximum Gasteiger partial charge on any atom is 0.163 e. The van der Waals surface area contributed by atoms with Gasteiger partial charge < -0.3 is 10.2 Å². The van der Waals surface area contributed by atoms with E-state index in [9.17, 15) is 0 Å². The van der Waals surface area contributed by atoms with Crippen LogP contribution in [-0.4, -0.2) is 65.2 Å². The Balaban J connectivity index is 0.991. The zero-order valence-corrected chi connectivity index (χ0v) is 23.5. The van der Waals surface area contributed by atoms with Crippen LogP contribution in [0.1, 0.15) is 28.4 Å². The molecular formula is C29H30N10S. The molecule has 40 heavy (non-hydrogen) atoms. The molecule has 3 saturated heterocycles. The van der Waals surface area contributed by atoms with Gasteiger partial charge in [0, 0.05) is 89.8 Å². The van der Waals surface area contributed by atoms with Crippen molar-refractivity contribution in [2.45, 2.75) is 45.8 Å². The van der Waals surface area contributed by atoms with Crippen LogP contribution in [0.25, 0.3) is 22.0 Å². The predicted molar refractivity (Wildman–Crippen MR) is 157 cm³/mol. The first-order valence-corrected chi connectivity index (χ1v) is 14.3. The van der Waals surface area contributed by atoms with E-state index in [0.717, 1.165) is 64.5 Å². The van der Waals surface area contributed by atoms with E-state index in [1.807, 2.05) is 44.6 Å². The van der Waals surface area contributed by atoms with Crippen LogP contribution in [0.2, 0.25) is 0 Å². The van der Waals surface area contributed by atoms with Crippen LogP contribution in [-0.2, 0) is 6.54 Å². The summed E-state index contributed by atoms with van der Waals surface area (Å²) in [4.78, 5) is 29.5. The van der Waals surface area contributed by atoms with Crippen LogP contribution in [0, 0.1) is 20.8 Å². The topological polar surface area (TPSA) is 112 Å². The van der Waals surface area contributed by atoms with Gasteiger partial charge in [-0.1, -0.05) is 0 Å². The van der Waals surface area contributed by atoms with E-state index in [-0.39, 0.29) is 0 Å². The fraction of sp³-hybridized carbons (Fsp3) is 0.310. The van der Waals surface area contributed by atoms with E-state index in [4.69, 9.17) is 15.0 Å². The first kappa shape index (κ1) is 24.8. The average Bonchev–Trinajstić information content (AvgIpc) is 3.59. The Morgan fingerprint density at radius 2 is 1.73 bits per heavy atom. The Hall–Kier alpha value is -4.22. The molecule has 2 atom stereocenters. The second-order valence-electron chi connectivity index (χ2n) is 10.6. The lowest BCUT2D eigenvalue weighted by Gasteiger charge is -2.56. The van der Waals surface area contributed by atoms with Gasteiger partial charge in [0.1, 0.15) is 16.6 Å². The lowest BCUT2D eigenvalue weighted by molar-refractivity contribution is -0.00967. The molecule has 3 fully saturated rings. The number of hydrogen-bond donors (Lipinski definition) is 2. The number of nitrogens with zero attached hydrogens (tertiary/aromatic N) is 8. The third-order valence-electron chi connectivity index (χ3n) is 7.53. The monoisotopic (exact) mass is 550 g/mol. The Bertz CT molecular complexity index is 1630. The van der Waals surface area contributed by atoms with Crippen molar-refractivity contribution in [1.29, 1.82) is 0 Å². The molecule has 8 heterocycles. The summed E-state index contributed by atoms with van der Waals surface area (Å²) in [7, 11) is 0. The van der Waals surface area contributed by atoms with Crippen LogP contribution in [0.4, 0.5) is 17.5 Å². The molecule has 0 amide bonds. The molecule has 5 aromatic heterocycles. The van der Waals surface area contributed by atoms with Crippen LogP contribution in [0.5, 0.6) is 0 Å². The number of anilines is 3. The van der Waals surface area contributed by atoms with E-state index in [2.05, 4.69) is 66.5 Å². The molecule has 11 heteroatoms. The molecule has 0 spiro atoms. The lowest BCUT2D eigenvalue weighted by atomic mass is 9.87. The highest BCUT2D eigenvalue weighted by molar-refractivity contribution is 7.14. The summed E-state index contributed by atoms with van der Waals surface area (Å²) in [5, 5.41) is 11.5. The van der Waals surface area contributed by atoms with Crippen molar-refractivity contribution in [3.05, 3.63) is 76.9 Å². The zero-order valence-electron chi connectivity index (χ0n) is 22.7. The van der Waals surface area contributed by atoms with E-state index in [1.54, 1.807) is 11.3 Å². The number of piperidine rings is 1. The van der Waals surface area contributed by atoms with Gasteiger partial charge in [-0.3, -0.25) is 15.0 Å². The highest BCUT2D eigenvalue weighted by Gasteiger charge is 2.44. The highest BCUT2D eigenvalue weighted by Crippen LogP contribution is 2.35. The van der Waals surface area contributed by atoms with E-state index >= 15 is 0 Å². The summed E-state index contributed by atoms with van der Waals surface area (Å²) in [6, 6.07) is 13.3. The van der Waals surface area contributed by atoms with Gasteiger partial charge in [0.25, 0.3) is 0 Å². The molecular weight excluding hydrogens is 520 g/mol. The van der Waals surface area contributed by atoms with E-state index in [0.29, 0.717) is 23.7 Å². The van der Waals surface area contributed by atoms with Crippen LogP contribution in [0.15, 0.2) is 55.0 Å². The third-order valence-corrected chi connectivity index (χ3v) is 8.49. The van der Waals surface area contributed by atoms with Crippen LogP contribution >= 0.6 is 11.3 Å². The Morgan fingerprint density at radius 1 is 0.900 bits per heavy atom. The summed E-state index contributed by atoms with van der Waals surface area (Å²) in [5.41, 5.74) is 4.95. The van der Waals surface area contributed by atoms with Crippen LogP contribution < -0.4 is 10.2 Å².